The van der Waals surface area contributed by atoms with Gasteiger partial charge < -0.3 is 14.8 Å². The molecular weight excluding hydrogens is 492 g/mol. The molecule has 12 heteroatoms. The van der Waals surface area contributed by atoms with E-state index >= 15 is 0 Å². The Bertz CT molecular complexity index is 1620. The highest BCUT2D eigenvalue weighted by atomic mass is 32.2. The van der Waals surface area contributed by atoms with Crippen molar-refractivity contribution in [2.24, 2.45) is 0 Å². The summed E-state index contributed by atoms with van der Waals surface area (Å²) in [6.07, 6.45) is 1.00. The van der Waals surface area contributed by atoms with Gasteiger partial charge in [-0.1, -0.05) is 18.2 Å². The van der Waals surface area contributed by atoms with Crippen LogP contribution in [-0.4, -0.2) is 47.3 Å². The molecular formula is C23H22N4O6S2. The second-order valence-corrected chi connectivity index (χ2v) is 11.2. The molecule has 35 heavy (non-hydrogen) atoms. The number of benzene rings is 3. The Labute approximate surface area is 202 Å². The average Bonchev–Trinajstić information content (AvgIpc) is 2.83. The Hall–Kier alpha value is -3.90. The quantitative estimate of drug-likeness (QED) is 0.361. The number of para-hydroxylation sites is 2. The van der Waals surface area contributed by atoms with E-state index in [0.717, 1.165) is 12.3 Å². The molecule has 0 saturated carbocycles. The number of nitrogens with one attached hydrogen (secondary N) is 2. The molecule has 0 aliphatic rings. The number of nitrogens with zero attached hydrogens (tertiary/aromatic N) is 2. The van der Waals surface area contributed by atoms with Gasteiger partial charge >= 0.3 is 0 Å². The Morgan fingerprint density at radius 2 is 1.40 bits per heavy atom. The van der Waals surface area contributed by atoms with Gasteiger partial charge in [0.2, 0.25) is 0 Å². The summed E-state index contributed by atoms with van der Waals surface area (Å²) < 4.78 is 63.3. The summed E-state index contributed by atoms with van der Waals surface area (Å²) in [5.41, 5.74) is 1.45. The van der Waals surface area contributed by atoms with E-state index in [4.69, 9.17) is 9.47 Å². The lowest BCUT2D eigenvalue weighted by molar-refractivity contribution is 0.405. The molecule has 1 heterocycles. The van der Waals surface area contributed by atoms with E-state index in [1.165, 1.54) is 32.4 Å². The van der Waals surface area contributed by atoms with Gasteiger partial charge in [0, 0.05) is 12.3 Å². The molecule has 0 saturated heterocycles. The van der Waals surface area contributed by atoms with Crippen LogP contribution in [0.15, 0.2) is 76.5 Å². The second-order valence-electron chi connectivity index (χ2n) is 7.45. The lowest BCUT2D eigenvalue weighted by atomic mass is 10.2. The topological polar surface area (TPSA) is 137 Å². The number of rotatable bonds is 8. The number of hydrogen-bond donors (Lipinski definition) is 2. The molecule has 4 aromatic rings. The molecule has 0 aliphatic heterocycles. The highest BCUT2D eigenvalue weighted by Crippen LogP contribution is 2.34. The number of anilines is 3. The van der Waals surface area contributed by atoms with Crippen LogP contribution in [0.25, 0.3) is 11.0 Å². The molecule has 4 rings (SSSR count). The highest BCUT2D eigenvalue weighted by Gasteiger charge is 2.21. The number of aromatic nitrogens is 2. The van der Waals surface area contributed by atoms with Crippen molar-refractivity contribution < 1.29 is 26.3 Å². The van der Waals surface area contributed by atoms with Gasteiger partial charge in [0.05, 0.1) is 40.7 Å². The molecule has 182 valence electrons. The molecule has 0 aliphatic carbocycles. The molecule has 0 unspecified atom stereocenters. The van der Waals surface area contributed by atoms with Crippen LogP contribution in [0.4, 0.5) is 17.3 Å². The van der Waals surface area contributed by atoms with Crippen molar-refractivity contribution in [1.82, 2.24) is 9.97 Å². The molecule has 0 atom stereocenters. The largest absolute Gasteiger partial charge is 0.497 e. The van der Waals surface area contributed by atoms with Crippen molar-refractivity contribution in [3.05, 3.63) is 66.7 Å². The van der Waals surface area contributed by atoms with Gasteiger partial charge in [-0.05, 0) is 42.5 Å². The SMILES string of the molecule is COc1ccc(OC)c(Nc2nc3ccccc3nc2NS(=O)(=O)c2cccc(S(C)(=O)=O)c2)c1. The van der Waals surface area contributed by atoms with Crippen molar-refractivity contribution in [3.8, 4) is 11.5 Å². The molecule has 0 amide bonds. The molecule has 10 nitrogen and oxygen atoms in total. The van der Waals surface area contributed by atoms with Crippen LogP contribution >= 0.6 is 0 Å². The molecule has 1 aromatic heterocycles. The van der Waals surface area contributed by atoms with Crippen LogP contribution in [0.3, 0.4) is 0 Å². The van der Waals surface area contributed by atoms with E-state index < -0.39 is 19.9 Å². The van der Waals surface area contributed by atoms with E-state index in [-0.39, 0.29) is 21.4 Å². The van der Waals surface area contributed by atoms with E-state index in [1.807, 2.05) is 0 Å². The first-order chi connectivity index (χ1) is 16.6. The monoisotopic (exact) mass is 514 g/mol. The maximum absolute atomic E-state index is 13.2. The van der Waals surface area contributed by atoms with Crippen molar-refractivity contribution >= 4 is 48.2 Å². The number of fused-ring (bicyclic) bond motifs is 1. The van der Waals surface area contributed by atoms with Crippen LogP contribution in [0.2, 0.25) is 0 Å². The van der Waals surface area contributed by atoms with Crippen LogP contribution in [-0.2, 0) is 19.9 Å². The zero-order valence-corrected chi connectivity index (χ0v) is 20.6. The third-order valence-corrected chi connectivity index (χ3v) is 7.45. The normalized spacial score (nSPS) is 11.7. The van der Waals surface area contributed by atoms with Gasteiger partial charge in [-0.15, -0.1) is 0 Å². The van der Waals surface area contributed by atoms with E-state index in [0.29, 0.717) is 28.2 Å². The maximum atomic E-state index is 13.2. The summed E-state index contributed by atoms with van der Waals surface area (Å²) in [4.78, 5) is 8.63. The first-order valence-corrected chi connectivity index (χ1v) is 13.6. The number of methoxy groups -OCH3 is 2. The Kier molecular flexibility index (Phi) is 6.50. The number of hydrogen-bond acceptors (Lipinski definition) is 9. The van der Waals surface area contributed by atoms with Crippen molar-refractivity contribution in [2.45, 2.75) is 9.79 Å². The minimum atomic E-state index is -4.22. The first kappa shape index (κ1) is 24.2. The van der Waals surface area contributed by atoms with Gasteiger partial charge in [0.15, 0.2) is 21.5 Å². The third-order valence-electron chi connectivity index (χ3n) is 5.01. The standard InChI is InChI=1S/C23H22N4O6S2/c1-32-15-11-12-21(33-2)20(13-15)26-22-23(25-19-10-5-4-9-18(19)24-22)27-35(30,31)17-8-6-7-16(14-17)34(3,28)29/h4-14H,1-3H3,(H,24,26)(H,25,27). The van der Waals surface area contributed by atoms with Crippen molar-refractivity contribution in [3.63, 3.8) is 0 Å². The van der Waals surface area contributed by atoms with Gasteiger partial charge in [-0.3, -0.25) is 4.72 Å². The van der Waals surface area contributed by atoms with Crippen molar-refractivity contribution in [2.75, 3.05) is 30.5 Å². The lowest BCUT2D eigenvalue weighted by Gasteiger charge is -2.16. The summed E-state index contributed by atoms with van der Waals surface area (Å²) in [5.74, 6) is 1.04. The van der Waals surface area contributed by atoms with Gasteiger partial charge in [-0.25, -0.2) is 26.8 Å². The Morgan fingerprint density at radius 1 is 0.743 bits per heavy atom. The summed E-state index contributed by atoms with van der Waals surface area (Å²) >= 11 is 0. The van der Waals surface area contributed by atoms with E-state index in [9.17, 15) is 16.8 Å². The zero-order chi connectivity index (χ0) is 25.2. The zero-order valence-electron chi connectivity index (χ0n) is 19.0. The summed E-state index contributed by atoms with van der Waals surface area (Å²) in [6, 6.07) is 17.1. The van der Waals surface area contributed by atoms with Crippen molar-refractivity contribution in [1.29, 1.82) is 0 Å². The lowest BCUT2D eigenvalue weighted by Crippen LogP contribution is -2.16. The van der Waals surface area contributed by atoms with Crippen LogP contribution in [0.1, 0.15) is 0 Å². The molecule has 0 fully saturated rings. The van der Waals surface area contributed by atoms with Gasteiger partial charge in [-0.2, -0.15) is 0 Å². The fourth-order valence-electron chi connectivity index (χ4n) is 3.26. The second kappa shape index (κ2) is 9.39. The van der Waals surface area contributed by atoms with Crippen LogP contribution < -0.4 is 19.5 Å². The van der Waals surface area contributed by atoms with E-state index in [1.54, 1.807) is 42.5 Å². The molecule has 0 spiro atoms. The molecule has 0 bridgehead atoms. The number of ether oxygens (including phenoxy) is 2. The summed E-state index contributed by atoms with van der Waals surface area (Å²) in [5, 5.41) is 3.07. The first-order valence-electron chi connectivity index (χ1n) is 10.2. The maximum Gasteiger partial charge on any atom is 0.263 e. The van der Waals surface area contributed by atoms with Crippen LogP contribution in [0.5, 0.6) is 11.5 Å². The molecule has 3 aromatic carbocycles. The fraction of sp³-hybridized carbons (Fsp3) is 0.130. The van der Waals surface area contributed by atoms with Gasteiger partial charge in [0.1, 0.15) is 11.5 Å². The highest BCUT2D eigenvalue weighted by molar-refractivity contribution is 7.93. The Balaban J connectivity index is 1.81. The fourth-order valence-corrected chi connectivity index (χ4v) is 5.05. The third kappa shape index (κ3) is 5.28. The van der Waals surface area contributed by atoms with E-state index in [2.05, 4.69) is 20.0 Å². The minimum Gasteiger partial charge on any atom is -0.497 e. The minimum absolute atomic E-state index is 0.0849. The van der Waals surface area contributed by atoms with Crippen LogP contribution in [0, 0.1) is 0 Å². The van der Waals surface area contributed by atoms with Gasteiger partial charge in [0.25, 0.3) is 10.0 Å². The summed E-state index contributed by atoms with van der Waals surface area (Å²) in [7, 11) is -4.81. The smallest absolute Gasteiger partial charge is 0.263 e. The number of sulfone groups is 1. The summed E-state index contributed by atoms with van der Waals surface area (Å²) in [6.45, 7) is 0. The Morgan fingerprint density at radius 3 is 2.03 bits per heavy atom. The predicted octanol–water partition coefficient (Wildman–Crippen LogP) is 3.59. The predicted molar refractivity (Wildman–Crippen MR) is 133 cm³/mol. The average molecular weight is 515 g/mol. The molecule has 2 N–H and O–H groups in total. The molecule has 0 radical (unpaired) electrons. The number of sulfonamides is 1.